The van der Waals surface area contributed by atoms with E-state index in [0.29, 0.717) is 0 Å². The van der Waals surface area contributed by atoms with E-state index in [1.165, 1.54) is 37.6 Å². The van der Waals surface area contributed by atoms with Gasteiger partial charge in [0, 0.05) is 6.07 Å². The van der Waals surface area contributed by atoms with E-state index < -0.39 is 16.0 Å². The summed E-state index contributed by atoms with van der Waals surface area (Å²) in [5.74, 6) is -0.708. The number of hydrogen-bond acceptors (Lipinski definition) is 6. The Kier molecular flexibility index (Phi) is 3.52. The van der Waals surface area contributed by atoms with Crippen LogP contribution in [-0.2, 0) is 14.8 Å². The molecule has 2 rings (SSSR count). The standard InChI is InChI=1S/C11H10N2O5S/c1-17-11(14)8-4-2-3-5-9(8)19(15,16)13-10-6-7-18-12-10/h2-7H,1H3,(H,12,13). The van der Waals surface area contributed by atoms with Gasteiger partial charge in [-0.1, -0.05) is 17.3 Å². The van der Waals surface area contributed by atoms with Gasteiger partial charge in [-0.15, -0.1) is 0 Å². The first-order valence-electron chi connectivity index (χ1n) is 5.15. The van der Waals surface area contributed by atoms with Gasteiger partial charge in [-0.3, -0.25) is 4.72 Å². The van der Waals surface area contributed by atoms with Crippen molar-refractivity contribution in [2.45, 2.75) is 4.90 Å². The van der Waals surface area contributed by atoms with Crippen molar-refractivity contribution in [2.75, 3.05) is 11.8 Å². The van der Waals surface area contributed by atoms with E-state index in [1.807, 2.05) is 0 Å². The highest BCUT2D eigenvalue weighted by Gasteiger charge is 2.23. The van der Waals surface area contributed by atoms with E-state index in [4.69, 9.17) is 0 Å². The summed E-state index contributed by atoms with van der Waals surface area (Å²) < 4.78 is 35.5. The molecule has 0 fully saturated rings. The van der Waals surface area contributed by atoms with Gasteiger partial charge >= 0.3 is 5.97 Å². The smallest absolute Gasteiger partial charge is 0.339 e. The second-order valence-corrected chi connectivity index (χ2v) is 5.13. The number of hydrogen-bond donors (Lipinski definition) is 1. The molecule has 2 aromatic rings. The molecule has 19 heavy (non-hydrogen) atoms. The predicted molar refractivity (Wildman–Crippen MR) is 65.1 cm³/mol. The first kappa shape index (κ1) is 13.1. The van der Waals surface area contributed by atoms with Crippen LogP contribution in [0.5, 0.6) is 0 Å². The largest absolute Gasteiger partial charge is 0.465 e. The van der Waals surface area contributed by atoms with Gasteiger partial charge in [-0.05, 0) is 12.1 Å². The van der Waals surface area contributed by atoms with Crippen LogP contribution in [0.4, 0.5) is 5.82 Å². The van der Waals surface area contributed by atoms with Crippen molar-refractivity contribution in [1.82, 2.24) is 5.16 Å². The number of sulfonamides is 1. The third-order valence-corrected chi connectivity index (χ3v) is 3.67. The van der Waals surface area contributed by atoms with Gasteiger partial charge in [0.05, 0.1) is 12.7 Å². The molecule has 0 aliphatic rings. The average Bonchev–Trinajstić information content (AvgIpc) is 2.90. The molecule has 1 aromatic carbocycles. The van der Waals surface area contributed by atoms with Crippen LogP contribution in [-0.4, -0.2) is 26.7 Å². The summed E-state index contributed by atoms with van der Waals surface area (Å²) in [5.41, 5.74) is -0.0546. The topological polar surface area (TPSA) is 98.5 Å². The summed E-state index contributed by atoms with van der Waals surface area (Å²) in [6, 6.07) is 7.06. The lowest BCUT2D eigenvalue weighted by Crippen LogP contribution is -2.17. The fourth-order valence-corrected chi connectivity index (χ4v) is 2.63. The van der Waals surface area contributed by atoms with Crippen molar-refractivity contribution < 1.29 is 22.5 Å². The van der Waals surface area contributed by atoms with Gasteiger partial charge in [0.25, 0.3) is 10.0 Å². The van der Waals surface area contributed by atoms with Crippen molar-refractivity contribution in [2.24, 2.45) is 0 Å². The lowest BCUT2D eigenvalue weighted by Gasteiger charge is -2.08. The van der Waals surface area contributed by atoms with Crippen molar-refractivity contribution >= 4 is 21.8 Å². The molecule has 100 valence electrons. The number of nitrogens with one attached hydrogen (secondary N) is 1. The molecule has 8 heteroatoms. The summed E-state index contributed by atoms with van der Waals surface area (Å²) in [6.45, 7) is 0. The number of esters is 1. The average molecular weight is 282 g/mol. The normalized spacial score (nSPS) is 11.0. The lowest BCUT2D eigenvalue weighted by molar-refractivity contribution is 0.0596. The SMILES string of the molecule is COC(=O)c1ccccc1S(=O)(=O)Nc1ccon1. The molecule has 1 N–H and O–H groups in total. The highest BCUT2D eigenvalue weighted by molar-refractivity contribution is 7.92. The van der Waals surface area contributed by atoms with E-state index in [1.54, 1.807) is 6.07 Å². The molecule has 0 aliphatic carbocycles. The summed E-state index contributed by atoms with van der Waals surface area (Å²) in [5, 5.41) is 3.44. The first-order valence-corrected chi connectivity index (χ1v) is 6.63. The Morgan fingerprint density at radius 1 is 1.32 bits per heavy atom. The van der Waals surface area contributed by atoms with Crippen molar-refractivity contribution in [3.63, 3.8) is 0 Å². The molecule has 0 atom stereocenters. The molecule has 7 nitrogen and oxygen atoms in total. The molecule has 0 aliphatic heterocycles. The number of carbonyl (C=O) groups excluding carboxylic acids is 1. The van der Waals surface area contributed by atoms with Crippen molar-refractivity contribution in [1.29, 1.82) is 0 Å². The molecule has 0 unspecified atom stereocenters. The Morgan fingerprint density at radius 3 is 2.68 bits per heavy atom. The van der Waals surface area contributed by atoms with Crippen LogP contribution in [0.15, 0.2) is 46.0 Å². The van der Waals surface area contributed by atoms with Crippen LogP contribution in [0.3, 0.4) is 0 Å². The van der Waals surface area contributed by atoms with Gasteiger partial charge in [-0.2, -0.15) is 0 Å². The van der Waals surface area contributed by atoms with E-state index in [9.17, 15) is 13.2 Å². The lowest BCUT2D eigenvalue weighted by atomic mass is 10.2. The molecule has 1 aromatic heterocycles. The molecule has 1 heterocycles. The van der Waals surface area contributed by atoms with Crippen LogP contribution in [0.2, 0.25) is 0 Å². The Balaban J connectivity index is 2.43. The number of ether oxygens (including phenoxy) is 1. The Bertz CT molecular complexity index is 679. The third kappa shape index (κ3) is 2.74. The van der Waals surface area contributed by atoms with Crippen LogP contribution in [0.25, 0.3) is 0 Å². The maximum Gasteiger partial charge on any atom is 0.339 e. The van der Waals surface area contributed by atoms with E-state index in [0.717, 1.165) is 0 Å². The zero-order valence-corrected chi connectivity index (χ0v) is 10.7. The summed E-state index contributed by atoms with van der Waals surface area (Å²) in [4.78, 5) is 11.3. The highest BCUT2D eigenvalue weighted by atomic mass is 32.2. The molecule has 0 radical (unpaired) electrons. The molecular formula is C11H10N2O5S. The molecular weight excluding hydrogens is 272 g/mol. The van der Waals surface area contributed by atoms with Crippen LogP contribution < -0.4 is 4.72 Å². The van der Waals surface area contributed by atoms with E-state index in [2.05, 4.69) is 19.1 Å². The number of aromatic nitrogens is 1. The van der Waals surface area contributed by atoms with Gasteiger partial charge in [-0.25, -0.2) is 13.2 Å². The zero-order chi connectivity index (χ0) is 13.9. The fraction of sp³-hybridized carbons (Fsp3) is 0.0909. The van der Waals surface area contributed by atoms with Crippen molar-refractivity contribution in [3.8, 4) is 0 Å². The number of rotatable bonds is 4. The second-order valence-electron chi connectivity index (χ2n) is 3.48. The predicted octanol–water partition coefficient (Wildman–Crippen LogP) is 1.26. The monoisotopic (exact) mass is 282 g/mol. The van der Waals surface area contributed by atoms with Gasteiger partial charge in [0.1, 0.15) is 11.2 Å². The molecule has 0 saturated carbocycles. The highest BCUT2D eigenvalue weighted by Crippen LogP contribution is 2.19. The maximum absolute atomic E-state index is 12.1. The number of carbonyl (C=O) groups is 1. The minimum atomic E-state index is -3.94. The number of anilines is 1. The first-order chi connectivity index (χ1) is 9.04. The van der Waals surface area contributed by atoms with Gasteiger partial charge in [0.15, 0.2) is 5.82 Å². The third-order valence-electron chi connectivity index (χ3n) is 2.26. The number of benzene rings is 1. The van der Waals surface area contributed by atoms with Gasteiger partial charge in [0.2, 0.25) is 0 Å². The van der Waals surface area contributed by atoms with Crippen LogP contribution in [0.1, 0.15) is 10.4 Å². The van der Waals surface area contributed by atoms with E-state index in [-0.39, 0.29) is 16.3 Å². The number of nitrogens with zero attached hydrogens (tertiary/aromatic N) is 1. The Morgan fingerprint density at radius 2 is 2.05 bits per heavy atom. The summed E-state index contributed by atoms with van der Waals surface area (Å²) in [7, 11) is -2.76. The Labute approximate surface area is 109 Å². The fourth-order valence-electron chi connectivity index (χ4n) is 1.44. The van der Waals surface area contributed by atoms with Gasteiger partial charge < -0.3 is 9.26 Å². The van der Waals surface area contributed by atoms with Crippen LogP contribution in [0, 0.1) is 0 Å². The van der Waals surface area contributed by atoms with E-state index >= 15 is 0 Å². The summed E-state index contributed by atoms with van der Waals surface area (Å²) in [6.07, 6.45) is 1.23. The number of methoxy groups -OCH3 is 1. The minimum Gasteiger partial charge on any atom is -0.465 e. The van der Waals surface area contributed by atoms with Crippen LogP contribution >= 0.6 is 0 Å². The second kappa shape index (κ2) is 5.11. The Hall–Kier alpha value is -2.35. The van der Waals surface area contributed by atoms with Crippen molar-refractivity contribution in [3.05, 3.63) is 42.2 Å². The quantitative estimate of drug-likeness (QED) is 0.848. The molecule has 0 spiro atoms. The molecule has 0 saturated heterocycles. The minimum absolute atomic E-state index is 0.0275. The molecule has 0 amide bonds. The summed E-state index contributed by atoms with van der Waals surface area (Å²) >= 11 is 0. The maximum atomic E-state index is 12.1. The molecule has 0 bridgehead atoms. The zero-order valence-electron chi connectivity index (χ0n) is 9.86.